The van der Waals surface area contributed by atoms with Crippen LogP contribution < -0.4 is 10.5 Å². The molecule has 0 spiro atoms. The van der Waals surface area contributed by atoms with E-state index >= 15 is 0 Å². The predicted molar refractivity (Wildman–Crippen MR) is 75.0 cm³/mol. The first-order valence-corrected chi connectivity index (χ1v) is 6.73. The normalized spacial score (nSPS) is 10.3. The van der Waals surface area contributed by atoms with Gasteiger partial charge in [0.1, 0.15) is 5.03 Å². The molecule has 1 aromatic carbocycles. The van der Waals surface area contributed by atoms with Gasteiger partial charge in [0, 0.05) is 4.90 Å². The number of nitrogens with zero attached hydrogens (tertiary/aromatic N) is 1. The van der Waals surface area contributed by atoms with Crippen LogP contribution in [0.2, 0.25) is 0 Å². The van der Waals surface area contributed by atoms with Crippen LogP contribution in [0.25, 0.3) is 0 Å². The third-order valence-electron chi connectivity index (χ3n) is 2.27. The molecule has 0 unspecified atom stereocenters. The molecule has 2 rings (SSSR count). The van der Waals surface area contributed by atoms with E-state index in [4.69, 9.17) is 10.5 Å². The van der Waals surface area contributed by atoms with Gasteiger partial charge in [0.25, 0.3) is 0 Å². The number of ether oxygens (including phenoxy) is 1. The Morgan fingerprint density at radius 1 is 1.17 bits per heavy atom. The Hall–Kier alpha value is -1.68. The van der Waals surface area contributed by atoms with Crippen LogP contribution in [0.5, 0.6) is 5.88 Å². The number of nitrogens with two attached hydrogens (primary N) is 1. The van der Waals surface area contributed by atoms with Crippen LogP contribution in [0, 0.1) is 0 Å². The van der Waals surface area contributed by atoms with Gasteiger partial charge in [-0.2, -0.15) is 0 Å². The van der Waals surface area contributed by atoms with E-state index in [9.17, 15) is 0 Å². The van der Waals surface area contributed by atoms with Crippen LogP contribution >= 0.6 is 11.8 Å². The molecule has 2 aromatic rings. The number of nitrogen functional groups attached to an aromatic ring is 1. The van der Waals surface area contributed by atoms with E-state index in [0.717, 1.165) is 16.3 Å². The summed E-state index contributed by atoms with van der Waals surface area (Å²) in [4.78, 5) is 5.57. The predicted octanol–water partition coefficient (Wildman–Crippen LogP) is 3.60. The van der Waals surface area contributed by atoms with Crippen molar-refractivity contribution in [1.82, 2.24) is 4.98 Å². The fourth-order valence-electron chi connectivity index (χ4n) is 1.41. The summed E-state index contributed by atoms with van der Waals surface area (Å²) in [6, 6.07) is 13.9. The average molecular weight is 260 g/mol. The molecule has 0 aliphatic heterocycles. The van der Waals surface area contributed by atoms with Gasteiger partial charge in [-0.25, -0.2) is 4.98 Å². The Balaban J connectivity index is 2.14. The van der Waals surface area contributed by atoms with Crippen molar-refractivity contribution in [2.45, 2.75) is 23.3 Å². The number of hydrogen-bond acceptors (Lipinski definition) is 4. The molecule has 0 fully saturated rings. The Morgan fingerprint density at radius 3 is 2.67 bits per heavy atom. The summed E-state index contributed by atoms with van der Waals surface area (Å²) < 4.78 is 5.51. The second-order valence-corrected chi connectivity index (χ2v) is 4.90. The second kappa shape index (κ2) is 6.31. The van der Waals surface area contributed by atoms with Crippen LogP contribution in [-0.4, -0.2) is 11.6 Å². The maximum Gasteiger partial charge on any atom is 0.238 e. The number of anilines is 1. The average Bonchev–Trinajstić information content (AvgIpc) is 2.40. The van der Waals surface area contributed by atoms with Gasteiger partial charge < -0.3 is 10.5 Å². The molecule has 0 radical (unpaired) electrons. The molecule has 4 heteroatoms. The van der Waals surface area contributed by atoms with Crippen LogP contribution in [-0.2, 0) is 0 Å². The molecule has 0 saturated carbocycles. The summed E-state index contributed by atoms with van der Waals surface area (Å²) in [5.41, 5.74) is 6.41. The standard InChI is InChI=1S/C14H16N2OS/c1-2-10-17-14-12(15)8-9-13(16-14)18-11-6-4-3-5-7-11/h3-9H,2,10,15H2,1H3. The highest BCUT2D eigenvalue weighted by Gasteiger charge is 2.05. The van der Waals surface area contributed by atoms with E-state index in [0.29, 0.717) is 18.2 Å². The summed E-state index contributed by atoms with van der Waals surface area (Å²) in [7, 11) is 0. The topological polar surface area (TPSA) is 48.1 Å². The van der Waals surface area contributed by atoms with Crippen molar-refractivity contribution in [2.75, 3.05) is 12.3 Å². The SMILES string of the molecule is CCCOc1nc(Sc2ccccc2)ccc1N. The van der Waals surface area contributed by atoms with E-state index in [1.807, 2.05) is 30.3 Å². The number of hydrogen-bond donors (Lipinski definition) is 1. The minimum absolute atomic E-state index is 0.526. The smallest absolute Gasteiger partial charge is 0.238 e. The number of rotatable bonds is 5. The molecule has 0 amide bonds. The number of aromatic nitrogens is 1. The van der Waals surface area contributed by atoms with E-state index in [-0.39, 0.29) is 0 Å². The van der Waals surface area contributed by atoms with Crippen LogP contribution in [0.4, 0.5) is 5.69 Å². The van der Waals surface area contributed by atoms with Gasteiger partial charge in [0.15, 0.2) is 0 Å². The molecule has 0 bridgehead atoms. The summed E-state index contributed by atoms with van der Waals surface area (Å²) in [5.74, 6) is 0.526. The molecule has 3 nitrogen and oxygen atoms in total. The monoisotopic (exact) mass is 260 g/mol. The lowest BCUT2D eigenvalue weighted by atomic mass is 10.4. The molecular formula is C14H16N2OS. The van der Waals surface area contributed by atoms with Gasteiger partial charge >= 0.3 is 0 Å². The fraction of sp³-hybridized carbons (Fsp3) is 0.214. The summed E-state index contributed by atoms with van der Waals surface area (Å²) >= 11 is 1.60. The first kappa shape index (κ1) is 12.8. The van der Waals surface area contributed by atoms with Gasteiger partial charge in [-0.1, -0.05) is 36.9 Å². The highest BCUT2D eigenvalue weighted by Crippen LogP contribution is 2.29. The zero-order valence-corrected chi connectivity index (χ0v) is 11.1. The van der Waals surface area contributed by atoms with Crippen LogP contribution in [0.1, 0.15) is 13.3 Å². The van der Waals surface area contributed by atoms with Crippen molar-refractivity contribution in [3.63, 3.8) is 0 Å². The van der Waals surface area contributed by atoms with Gasteiger partial charge in [-0.05, 0) is 30.7 Å². The van der Waals surface area contributed by atoms with Gasteiger partial charge in [0.2, 0.25) is 5.88 Å². The summed E-state index contributed by atoms with van der Waals surface area (Å²) in [6.07, 6.45) is 0.942. The molecule has 1 aromatic heterocycles. The van der Waals surface area contributed by atoms with Crippen molar-refractivity contribution >= 4 is 17.4 Å². The lowest BCUT2D eigenvalue weighted by Crippen LogP contribution is -2.01. The Bertz CT molecular complexity index is 502. The molecule has 0 atom stereocenters. The first-order valence-electron chi connectivity index (χ1n) is 5.92. The highest BCUT2D eigenvalue weighted by atomic mass is 32.2. The molecule has 18 heavy (non-hydrogen) atoms. The molecule has 2 N–H and O–H groups in total. The van der Waals surface area contributed by atoms with Crippen molar-refractivity contribution in [3.8, 4) is 5.88 Å². The Morgan fingerprint density at radius 2 is 1.94 bits per heavy atom. The maximum atomic E-state index is 5.83. The van der Waals surface area contributed by atoms with Crippen molar-refractivity contribution in [2.24, 2.45) is 0 Å². The molecule has 0 saturated heterocycles. The van der Waals surface area contributed by atoms with Gasteiger partial charge in [-0.3, -0.25) is 0 Å². The summed E-state index contributed by atoms with van der Waals surface area (Å²) in [6.45, 7) is 2.69. The van der Waals surface area contributed by atoms with Gasteiger partial charge in [0.05, 0.1) is 12.3 Å². The van der Waals surface area contributed by atoms with E-state index in [1.54, 1.807) is 11.8 Å². The minimum Gasteiger partial charge on any atom is -0.476 e. The molecular weight excluding hydrogens is 244 g/mol. The highest BCUT2D eigenvalue weighted by molar-refractivity contribution is 7.99. The van der Waals surface area contributed by atoms with Crippen molar-refractivity contribution in [1.29, 1.82) is 0 Å². The molecule has 0 aliphatic carbocycles. The Labute approximate surface area is 111 Å². The van der Waals surface area contributed by atoms with Crippen LogP contribution in [0.15, 0.2) is 52.4 Å². The lowest BCUT2D eigenvalue weighted by molar-refractivity contribution is 0.305. The molecule has 0 aliphatic rings. The summed E-state index contributed by atoms with van der Waals surface area (Å²) in [5, 5.41) is 0.890. The largest absolute Gasteiger partial charge is 0.476 e. The zero-order valence-electron chi connectivity index (χ0n) is 10.3. The molecule has 94 valence electrons. The first-order chi connectivity index (χ1) is 8.79. The zero-order chi connectivity index (χ0) is 12.8. The van der Waals surface area contributed by atoms with Crippen LogP contribution in [0.3, 0.4) is 0 Å². The molecule has 1 heterocycles. The number of pyridine rings is 1. The van der Waals surface area contributed by atoms with E-state index < -0.39 is 0 Å². The third-order valence-corrected chi connectivity index (χ3v) is 3.22. The van der Waals surface area contributed by atoms with Crippen molar-refractivity contribution < 1.29 is 4.74 Å². The van der Waals surface area contributed by atoms with Crippen molar-refractivity contribution in [3.05, 3.63) is 42.5 Å². The quantitative estimate of drug-likeness (QED) is 0.892. The third kappa shape index (κ3) is 3.40. The lowest BCUT2D eigenvalue weighted by Gasteiger charge is -2.08. The number of benzene rings is 1. The maximum absolute atomic E-state index is 5.83. The van der Waals surface area contributed by atoms with E-state index in [2.05, 4.69) is 24.0 Å². The van der Waals surface area contributed by atoms with Gasteiger partial charge in [-0.15, -0.1) is 0 Å². The second-order valence-electron chi connectivity index (χ2n) is 3.81. The minimum atomic E-state index is 0.526. The fourth-order valence-corrected chi connectivity index (χ4v) is 2.21. The van der Waals surface area contributed by atoms with E-state index in [1.165, 1.54) is 0 Å². The Kier molecular flexibility index (Phi) is 4.47.